The van der Waals surface area contributed by atoms with Gasteiger partial charge in [0.05, 0.1) is 11.9 Å². The number of aromatic nitrogens is 4. The Morgan fingerprint density at radius 2 is 1.94 bits per heavy atom. The molecule has 2 N–H and O–H groups in total. The van der Waals surface area contributed by atoms with Gasteiger partial charge in [0.2, 0.25) is 17.8 Å². The molecule has 1 aliphatic rings. The number of rotatable bonds is 8. The molecule has 2 amide bonds. The lowest BCUT2D eigenvalue weighted by molar-refractivity contribution is -0.129. The van der Waals surface area contributed by atoms with E-state index in [2.05, 4.69) is 32.2 Å². The Kier molecular flexibility index (Phi) is 6.58. The lowest BCUT2D eigenvalue weighted by Gasteiger charge is -2.19. The summed E-state index contributed by atoms with van der Waals surface area (Å²) in [5, 5.41) is 10.2. The molecule has 0 aliphatic carbocycles. The van der Waals surface area contributed by atoms with Crippen molar-refractivity contribution in [1.82, 2.24) is 24.6 Å². The molecular weight excluding hydrogens is 432 g/mol. The molecule has 0 bridgehead atoms. The van der Waals surface area contributed by atoms with Crippen LogP contribution in [0.4, 0.5) is 23.1 Å². The normalized spacial score (nSPS) is 12.3. The van der Waals surface area contributed by atoms with Crippen molar-refractivity contribution < 1.29 is 9.59 Å². The summed E-state index contributed by atoms with van der Waals surface area (Å²) in [6, 6.07) is 7.75. The minimum atomic E-state index is -0.233. The van der Waals surface area contributed by atoms with Crippen molar-refractivity contribution in [1.29, 1.82) is 0 Å². The number of nitrogens with one attached hydrogen (secondary N) is 2. The number of likely N-dealkylation sites (N-methyl/N-ethyl adjacent to an activating group) is 1. The summed E-state index contributed by atoms with van der Waals surface area (Å²) in [5.74, 6) is 1.13. The quantitative estimate of drug-likeness (QED) is 0.497. The minimum Gasteiger partial charge on any atom is -0.352 e. The van der Waals surface area contributed by atoms with Crippen LogP contribution in [0.15, 0.2) is 49.3 Å². The third-order valence-electron chi connectivity index (χ3n) is 5.59. The lowest BCUT2D eigenvalue weighted by atomic mass is 10.2. The Morgan fingerprint density at radius 3 is 2.65 bits per heavy atom. The van der Waals surface area contributed by atoms with Gasteiger partial charge in [-0.05, 0) is 37.1 Å². The molecule has 0 radical (unpaired) electrons. The van der Waals surface area contributed by atoms with Gasteiger partial charge in [-0.2, -0.15) is 10.1 Å². The highest BCUT2D eigenvalue weighted by Gasteiger charge is 2.24. The molecule has 0 spiro atoms. The molecule has 0 atom stereocenters. The van der Waals surface area contributed by atoms with Gasteiger partial charge >= 0.3 is 0 Å². The summed E-state index contributed by atoms with van der Waals surface area (Å²) in [7, 11) is 3.43. The maximum atomic E-state index is 11.9. The summed E-state index contributed by atoms with van der Waals surface area (Å²) >= 11 is 0. The van der Waals surface area contributed by atoms with Gasteiger partial charge in [0.15, 0.2) is 0 Å². The van der Waals surface area contributed by atoms with Crippen LogP contribution in [-0.2, 0) is 29.1 Å². The molecule has 0 saturated heterocycles. The number of amides is 2. The van der Waals surface area contributed by atoms with Crippen LogP contribution in [0.5, 0.6) is 0 Å². The van der Waals surface area contributed by atoms with E-state index in [1.165, 1.54) is 11.0 Å². The van der Waals surface area contributed by atoms with Crippen molar-refractivity contribution in [3.05, 3.63) is 66.1 Å². The van der Waals surface area contributed by atoms with Gasteiger partial charge in [-0.15, -0.1) is 0 Å². The van der Waals surface area contributed by atoms with Crippen molar-refractivity contribution in [2.24, 2.45) is 0 Å². The van der Waals surface area contributed by atoms with Crippen LogP contribution >= 0.6 is 0 Å². The zero-order valence-electron chi connectivity index (χ0n) is 19.6. The van der Waals surface area contributed by atoms with Crippen LogP contribution in [0.3, 0.4) is 0 Å². The molecule has 10 nitrogen and oxygen atoms in total. The largest absolute Gasteiger partial charge is 0.352 e. The van der Waals surface area contributed by atoms with Crippen molar-refractivity contribution in [2.75, 3.05) is 36.2 Å². The highest BCUT2D eigenvalue weighted by molar-refractivity contribution is 5.98. The smallest absolute Gasteiger partial charge is 0.247 e. The van der Waals surface area contributed by atoms with Gasteiger partial charge in [0.1, 0.15) is 12.4 Å². The number of aryl methyl sites for hydroxylation is 1. The van der Waals surface area contributed by atoms with Gasteiger partial charge in [0.25, 0.3) is 0 Å². The molecule has 3 aromatic rings. The number of carbonyl (C=O) groups is 2. The number of hydrogen-bond acceptors (Lipinski definition) is 7. The third-order valence-corrected chi connectivity index (χ3v) is 5.59. The molecule has 0 unspecified atom stereocenters. The van der Waals surface area contributed by atoms with E-state index in [0.29, 0.717) is 18.2 Å². The maximum absolute atomic E-state index is 11.9. The second-order valence-corrected chi connectivity index (χ2v) is 8.34. The first-order chi connectivity index (χ1) is 16.3. The topological polar surface area (TPSA) is 108 Å². The molecule has 176 valence electrons. The molecule has 10 heteroatoms. The predicted molar refractivity (Wildman–Crippen MR) is 131 cm³/mol. The number of nitrogens with zero attached hydrogens (tertiary/aromatic N) is 6. The van der Waals surface area contributed by atoms with Crippen molar-refractivity contribution in [2.45, 2.75) is 26.4 Å². The Morgan fingerprint density at radius 1 is 1.18 bits per heavy atom. The average Bonchev–Trinajstić information content (AvgIpc) is 3.42. The first kappa shape index (κ1) is 23.0. The van der Waals surface area contributed by atoms with E-state index in [9.17, 15) is 9.59 Å². The van der Waals surface area contributed by atoms with Crippen LogP contribution < -0.4 is 15.5 Å². The van der Waals surface area contributed by atoms with Crippen LogP contribution in [-0.4, -0.2) is 57.1 Å². The van der Waals surface area contributed by atoms with Crippen molar-refractivity contribution in [3.8, 4) is 0 Å². The van der Waals surface area contributed by atoms with Crippen LogP contribution in [0.2, 0.25) is 0 Å². The number of carbonyl (C=O) groups excluding carboxylic acids is 2. The number of hydrogen-bond donors (Lipinski definition) is 2. The lowest BCUT2D eigenvalue weighted by Crippen LogP contribution is -2.26. The Labute approximate surface area is 198 Å². The van der Waals surface area contributed by atoms with E-state index < -0.39 is 0 Å². The predicted octanol–water partition coefficient (Wildman–Crippen LogP) is 2.50. The number of anilines is 4. The first-order valence-corrected chi connectivity index (χ1v) is 11.0. The van der Waals surface area contributed by atoms with Gasteiger partial charge in [0, 0.05) is 50.3 Å². The first-order valence-electron chi connectivity index (χ1n) is 11.0. The zero-order valence-corrected chi connectivity index (χ0v) is 19.6. The van der Waals surface area contributed by atoms with Gasteiger partial charge in [-0.1, -0.05) is 18.7 Å². The summed E-state index contributed by atoms with van der Waals surface area (Å²) in [6.45, 7) is 7.18. The van der Waals surface area contributed by atoms with E-state index in [1.54, 1.807) is 31.2 Å². The maximum Gasteiger partial charge on any atom is 0.247 e. The van der Waals surface area contributed by atoms with Gasteiger partial charge in [-0.25, -0.2) is 4.98 Å². The Balaban J connectivity index is 1.46. The minimum absolute atomic E-state index is 0.0361. The number of benzene rings is 1. The fourth-order valence-electron chi connectivity index (χ4n) is 3.73. The average molecular weight is 461 g/mol. The van der Waals surface area contributed by atoms with E-state index >= 15 is 0 Å². The molecule has 1 aromatic carbocycles. The van der Waals surface area contributed by atoms with Gasteiger partial charge in [-0.3, -0.25) is 14.3 Å². The third kappa shape index (κ3) is 5.22. The number of fused-ring (bicyclic) bond motifs is 1. The van der Waals surface area contributed by atoms with E-state index in [4.69, 9.17) is 4.98 Å². The SMILES string of the molecule is C=CC(=O)Nc1ccc(CN2CCc3c(C)nc(Nc4cnn(CC(=O)N(C)C)c4)nc32)cc1. The fraction of sp³-hybridized carbons (Fsp3) is 0.292. The summed E-state index contributed by atoms with van der Waals surface area (Å²) in [5.41, 5.74) is 4.64. The highest BCUT2D eigenvalue weighted by atomic mass is 16.2. The van der Waals surface area contributed by atoms with Gasteiger partial charge < -0.3 is 20.4 Å². The molecule has 0 saturated carbocycles. The molecule has 1 aliphatic heterocycles. The monoisotopic (exact) mass is 460 g/mol. The van der Waals surface area contributed by atoms with Crippen LogP contribution in [0.25, 0.3) is 0 Å². The summed E-state index contributed by atoms with van der Waals surface area (Å²) < 4.78 is 1.58. The highest BCUT2D eigenvalue weighted by Crippen LogP contribution is 2.31. The van der Waals surface area contributed by atoms with E-state index in [0.717, 1.165) is 41.3 Å². The second kappa shape index (κ2) is 9.74. The Bertz CT molecular complexity index is 1220. The molecule has 4 rings (SSSR count). The van der Waals surface area contributed by atoms with Crippen molar-refractivity contribution in [3.63, 3.8) is 0 Å². The summed E-state index contributed by atoms with van der Waals surface area (Å²) in [6.07, 6.45) is 5.55. The van der Waals surface area contributed by atoms with Crippen LogP contribution in [0, 0.1) is 6.92 Å². The van der Waals surface area contributed by atoms with Crippen LogP contribution in [0.1, 0.15) is 16.8 Å². The second-order valence-electron chi connectivity index (χ2n) is 8.34. The molecule has 2 aromatic heterocycles. The molecule has 34 heavy (non-hydrogen) atoms. The molecule has 0 fully saturated rings. The Hall–Kier alpha value is -4.21. The fourth-order valence-corrected chi connectivity index (χ4v) is 3.73. The van der Waals surface area contributed by atoms with E-state index in [-0.39, 0.29) is 18.4 Å². The standard InChI is InChI=1S/C24H28N8O2/c1-5-21(33)27-18-8-6-17(7-9-18)13-31-11-10-20-16(2)26-24(29-23(20)31)28-19-12-25-32(14-19)15-22(34)30(3)4/h5-9,12,14H,1,10-11,13,15H2,2-4H3,(H,27,33)(H,26,28,29). The zero-order chi connectivity index (χ0) is 24.2. The summed E-state index contributed by atoms with van der Waals surface area (Å²) in [4.78, 5) is 36.5. The van der Waals surface area contributed by atoms with E-state index in [1.807, 2.05) is 31.2 Å². The van der Waals surface area contributed by atoms with Crippen molar-refractivity contribution >= 4 is 35.0 Å². The molecular formula is C24H28N8O2. The molecule has 3 heterocycles.